The molecule has 4 nitrogen and oxygen atoms in total. The second kappa shape index (κ2) is 6.86. The monoisotopic (exact) mass is 332 g/mol. The summed E-state index contributed by atoms with van der Waals surface area (Å²) < 4.78 is 28.9. The van der Waals surface area contributed by atoms with Gasteiger partial charge in [0.25, 0.3) is 5.91 Å². The summed E-state index contributed by atoms with van der Waals surface area (Å²) in [7, 11) is 0. The predicted molar refractivity (Wildman–Crippen MR) is 87.2 cm³/mol. The number of carbonyl (C=O) groups excluding carboxylic acids is 1. The molecule has 0 radical (unpaired) electrons. The fourth-order valence-electron chi connectivity index (χ4n) is 2.86. The number of carbonyl (C=O) groups is 1. The van der Waals surface area contributed by atoms with E-state index in [1.54, 1.807) is 23.1 Å². The van der Waals surface area contributed by atoms with Gasteiger partial charge in [0.05, 0.1) is 5.56 Å². The molecule has 1 heterocycles. The lowest BCUT2D eigenvalue weighted by Gasteiger charge is -2.38. The largest absolute Gasteiger partial charge is 0.435 e. The number of ether oxygens (including phenoxy) is 1. The highest BCUT2D eigenvalue weighted by Crippen LogP contribution is 2.33. The quantitative estimate of drug-likeness (QED) is 0.889. The highest BCUT2D eigenvalue weighted by Gasteiger charge is 2.32. The molecule has 2 aromatic rings. The zero-order valence-electron chi connectivity index (χ0n) is 13.2. The molecule has 0 aliphatic carbocycles. The first-order valence-corrected chi connectivity index (χ1v) is 7.81. The number of amides is 1. The van der Waals surface area contributed by atoms with Crippen LogP contribution in [0.1, 0.15) is 35.4 Å². The minimum Gasteiger partial charge on any atom is -0.435 e. The van der Waals surface area contributed by atoms with E-state index in [2.05, 4.69) is 10.1 Å². The molecule has 1 N–H and O–H groups in total. The molecule has 1 unspecified atom stereocenters. The first-order chi connectivity index (χ1) is 11.6. The van der Waals surface area contributed by atoms with Crippen molar-refractivity contribution in [3.05, 3.63) is 59.7 Å². The van der Waals surface area contributed by atoms with E-state index in [9.17, 15) is 13.6 Å². The maximum absolute atomic E-state index is 12.8. The minimum absolute atomic E-state index is 0.0379. The lowest BCUT2D eigenvalue weighted by atomic mass is 10.0. The van der Waals surface area contributed by atoms with E-state index in [1.807, 2.05) is 25.1 Å². The summed E-state index contributed by atoms with van der Waals surface area (Å²) in [5.41, 5.74) is 2.22. The summed E-state index contributed by atoms with van der Waals surface area (Å²) in [6, 6.07) is 13.7. The van der Waals surface area contributed by atoms with Crippen molar-refractivity contribution in [2.24, 2.45) is 0 Å². The van der Waals surface area contributed by atoms with E-state index >= 15 is 0 Å². The highest BCUT2D eigenvalue weighted by molar-refractivity contribution is 6.01. The predicted octanol–water partition coefficient (Wildman–Crippen LogP) is 4.26. The van der Waals surface area contributed by atoms with Gasteiger partial charge in [0, 0.05) is 12.2 Å². The summed E-state index contributed by atoms with van der Waals surface area (Å²) in [5.74, 6) is 0.0578. The van der Waals surface area contributed by atoms with Crippen LogP contribution in [0.4, 0.5) is 14.5 Å². The fraction of sp³-hybridized carbons (Fsp3) is 0.278. The number of nitrogens with zero attached hydrogens (tertiary/aromatic N) is 1. The van der Waals surface area contributed by atoms with E-state index in [0.717, 1.165) is 17.7 Å². The Hall–Kier alpha value is -2.63. The summed E-state index contributed by atoms with van der Waals surface area (Å²) >= 11 is 0. The molecule has 0 saturated carbocycles. The SMILES string of the molecule is CCCN1C(=O)c2ccccc2NC1c1ccc(OC(F)F)cc1. The molecule has 0 saturated heterocycles. The lowest BCUT2D eigenvalue weighted by molar-refractivity contribution is -0.0498. The number of anilines is 1. The smallest absolute Gasteiger partial charge is 0.387 e. The summed E-state index contributed by atoms with van der Waals surface area (Å²) in [5, 5.41) is 3.35. The van der Waals surface area contributed by atoms with Crippen LogP contribution in [0.25, 0.3) is 0 Å². The summed E-state index contributed by atoms with van der Waals surface area (Å²) in [6.45, 7) is -0.251. The van der Waals surface area contributed by atoms with Crippen molar-refractivity contribution < 1.29 is 18.3 Å². The molecule has 0 aromatic heterocycles. The maximum Gasteiger partial charge on any atom is 0.387 e. The van der Waals surface area contributed by atoms with Crippen molar-refractivity contribution in [1.29, 1.82) is 0 Å². The van der Waals surface area contributed by atoms with Gasteiger partial charge in [0.1, 0.15) is 11.9 Å². The first-order valence-electron chi connectivity index (χ1n) is 7.81. The molecule has 1 aliphatic rings. The Bertz CT molecular complexity index is 719. The van der Waals surface area contributed by atoms with Gasteiger partial charge < -0.3 is 15.0 Å². The Kier molecular flexibility index (Phi) is 4.64. The molecule has 126 valence electrons. The van der Waals surface area contributed by atoms with Gasteiger partial charge in [0.15, 0.2) is 0 Å². The highest BCUT2D eigenvalue weighted by atomic mass is 19.3. The van der Waals surface area contributed by atoms with Gasteiger partial charge in [0.2, 0.25) is 0 Å². The number of hydrogen-bond acceptors (Lipinski definition) is 3. The molecular weight excluding hydrogens is 314 g/mol. The number of fused-ring (bicyclic) bond motifs is 1. The van der Waals surface area contributed by atoms with E-state index in [0.29, 0.717) is 12.1 Å². The third-order valence-electron chi connectivity index (χ3n) is 3.91. The second-order valence-corrected chi connectivity index (χ2v) is 5.54. The van der Waals surface area contributed by atoms with Crippen molar-refractivity contribution in [1.82, 2.24) is 4.90 Å². The Morgan fingerprint density at radius 1 is 1.17 bits per heavy atom. The van der Waals surface area contributed by atoms with E-state index < -0.39 is 6.61 Å². The van der Waals surface area contributed by atoms with Crippen molar-refractivity contribution in [3.63, 3.8) is 0 Å². The lowest BCUT2D eigenvalue weighted by Crippen LogP contribution is -2.43. The molecule has 0 spiro atoms. The number of para-hydroxylation sites is 1. The number of halogens is 2. The molecule has 1 aliphatic heterocycles. The van der Waals surface area contributed by atoms with Gasteiger partial charge >= 0.3 is 6.61 Å². The van der Waals surface area contributed by atoms with Crippen LogP contribution in [0.3, 0.4) is 0 Å². The molecule has 3 rings (SSSR count). The number of rotatable bonds is 5. The molecule has 1 amide bonds. The van der Waals surface area contributed by atoms with Gasteiger partial charge in [-0.15, -0.1) is 0 Å². The molecule has 1 atom stereocenters. The normalized spacial score (nSPS) is 16.8. The topological polar surface area (TPSA) is 41.6 Å². The molecular formula is C18H18F2N2O2. The molecule has 0 bridgehead atoms. The number of alkyl halides is 2. The third-order valence-corrected chi connectivity index (χ3v) is 3.91. The van der Waals surface area contributed by atoms with Crippen LogP contribution in [-0.2, 0) is 0 Å². The van der Waals surface area contributed by atoms with Crippen LogP contribution in [0.15, 0.2) is 48.5 Å². The molecule has 0 fully saturated rings. The fourth-order valence-corrected chi connectivity index (χ4v) is 2.86. The van der Waals surface area contributed by atoms with E-state index in [-0.39, 0.29) is 17.8 Å². The second-order valence-electron chi connectivity index (χ2n) is 5.54. The molecule has 24 heavy (non-hydrogen) atoms. The molecule has 2 aromatic carbocycles. The van der Waals surface area contributed by atoms with E-state index in [1.165, 1.54) is 12.1 Å². The Labute approximate surface area is 139 Å². The minimum atomic E-state index is -2.85. The van der Waals surface area contributed by atoms with Crippen LogP contribution in [0, 0.1) is 0 Å². The molecule has 6 heteroatoms. The maximum atomic E-state index is 12.8. The zero-order chi connectivity index (χ0) is 17.1. The van der Waals surface area contributed by atoms with Gasteiger partial charge in [-0.05, 0) is 36.2 Å². The first kappa shape index (κ1) is 16.2. The average Bonchev–Trinajstić information content (AvgIpc) is 2.58. The van der Waals surface area contributed by atoms with Crippen LogP contribution < -0.4 is 10.1 Å². The number of hydrogen-bond donors (Lipinski definition) is 1. The number of benzene rings is 2. The van der Waals surface area contributed by atoms with Gasteiger partial charge in [-0.1, -0.05) is 31.2 Å². The Morgan fingerprint density at radius 2 is 1.88 bits per heavy atom. The summed E-state index contributed by atoms with van der Waals surface area (Å²) in [6.07, 6.45) is 0.478. The average molecular weight is 332 g/mol. The van der Waals surface area contributed by atoms with Crippen molar-refractivity contribution in [2.45, 2.75) is 26.1 Å². The van der Waals surface area contributed by atoms with Crippen LogP contribution in [0.5, 0.6) is 5.75 Å². The van der Waals surface area contributed by atoms with Crippen LogP contribution in [0.2, 0.25) is 0 Å². The van der Waals surface area contributed by atoms with Crippen LogP contribution >= 0.6 is 0 Å². The van der Waals surface area contributed by atoms with Crippen molar-refractivity contribution in [3.8, 4) is 5.75 Å². The number of nitrogens with one attached hydrogen (secondary N) is 1. The standard InChI is InChI=1S/C18H18F2N2O2/c1-2-11-22-16(12-7-9-13(10-8-12)24-18(19)20)21-15-6-4-3-5-14(15)17(22)23/h3-10,16,18,21H,2,11H2,1H3. The van der Waals surface area contributed by atoms with Crippen molar-refractivity contribution in [2.75, 3.05) is 11.9 Å². The Balaban J connectivity index is 1.91. The van der Waals surface area contributed by atoms with E-state index in [4.69, 9.17) is 0 Å². The zero-order valence-corrected chi connectivity index (χ0v) is 13.2. The van der Waals surface area contributed by atoms with Gasteiger partial charge in [-0.2, -0.15) is 8.78 Å². The summed E-state index contributed by atoms with van der Waals surface area (Å²) in [4.78, 5) is 14.5. The van der Waals surface area contributed by atoms with Crippen LogP contribution in [-0.4, -0.2) is 24.0 Å². The van der Waals surface area contributed by atoms with Crippen molar-refractivity contribution >= 4 is 11.6 Å². The van der Waals surface area contributed by atoms with Gasteiger partial charge in [-0.3, -0.25) is 4.79 Å². The Morgan fingerprint density at radius 3 is 2.54 bits per heavy atom. The van der Waals surface area contributed by atoms with Gasteiger partial charge in [-0.25, -0.2) is 0 Å². The third kappa shape index (κ3) is 3.18.